The lowest BCUT2D eigenvalue weighted by atomic mass is 10.1. The van der Waals surface area contributed by atoms with E-state index in [2.05, 4.69) is 31.7 Å². The standard InChI is InChI=1S/C20H29BrN4O4S/c1-11(2)9-29-20(28)14-5-4-6-25(24-14)19(27)15(8-17-23-16(21)10-30-17)22-18(26)13-7-12(13)3/h10-15,24H,4-9H2,1-3H3,(H,22,26)/t12-,13-,14-,15-/m0/s1. The third kappa shape index (κ3) is 6.24. The minimum absolute atomic E-state index is 0.0311. The summed E-state index contributed by atoms with van der Waals surface area (Å²) in [6, 6.07) is -1.29. The molecule has 1 saturated heterocycles. The van der Waals surface area contributed by atoms with Crippen molar-refractivity contribution in [3.8, 4) is 0 Å². The summed E-state index contributed by atoms with van der Waals surface area (Å²) < 4.78 is 6.03. The molecule has 10 heteroatoms. The Morgan fingerprint density at radius 2 is 2.17 bits per heavy atom. The van der Waals surface area contributed by atoms with Crippen molar-refractivity contribution < 1.29 is 19.1 Å². The normalized spacial score (nSPS) is 24.4. The zero-order valence-electron chi connectivity index (χ0n) is 17.5. The second-order valence-corrected chi connectivity index (χ2v) is 10.2. The molecular weight excluding hydrogens is 472 g/mol. The van der Waals surface area contributed by atoms with Crippen LogP contribution in [-0.2, 0) is 25.5 Å². The van der Waals surface area contributed by atoms with E-state index < -0.39 is 12.1 Å². The fourth-order valence-electron chi connectivity index (χ4n) is 3.38. The van der Waals surface area contributed by atoms with Gasteiger partial charge in [0.2, 0.25) is 5.91 Å². The van der Waals surface area contributed by atoms with Crippen LogP contribution in [0.1, 0.15) is 45.0 Å². The molecule has 0 aromatic carbocycles. The molecule has 2 N–H and O–H groups in total. The van der Waals surface area contributed by atoms with Gasteiger partial charge < -0.3 is 10.1 Å². The van der Waals surface area contributed by atoms with Gasteiger partial charge in [-0.2, -0.15) is 0 Å². The van der Waals surface area contributed by atoms with Crippen LogP contribution in [0, 0.1) is 17.8 Å². The van der Waals surface area contributed by atoms with Gasteiger partial charge in [-0.15, -0.1) is 11.3 Å². The van der Waals surface area contributed by atoms with Gasteiger partial charge >= 0.3 is 5.97 Å². The molecule has 4 atom stereocenters. The lowest BCUT2D eigenvalue weighted by Gasteiger charge is -2.35. The third-order valence-electron chi connectivity index (χ3n) is 5.26. The van der Waals surface area contributed by atoms with E-state index in [0.717, 1.165) is 11.4 Å². The molecule has 0 radical (unpaired) electrons. The van der Waals surface area contributed by atoms with Gasteiger partial charge in [-0.3, -0.25) is 19.4 Å². The molecule has 0 bridgehead atoms. The van der Waals surface area contributed by atoms with Crippen molar-refractivity contribution in [2.45, 2.75) is 58.5 Å². The predicted octanol–water partition coefficient (Wildman–Crippen LogP) is 2.28. The first-order valence-electron chi connectivity index (χ1n) is 10.4. The number of esters is 1. The SMILES string of the molecule is CC(C)COC(=O)[C@@H]1CCCN(C(=O)[C@H](Cc2nc(Br)cs2)NC(=O)[C@H]2C[C@@H]2C)N1. The van der Waals surface area contributed by atoms with Gasteiger partial charge in [0.1, 0.15) is 16.7 Å². The predicted molar refractivity (Wildman–Crippen MR) is 116 cm³/mol. The Balaban J connectivity index is 1.66. The molecule has 30 heavy (non-hydrogen) atoms. The maximum Gasteiger partial charge on any atom is 0.324 e. The Bertz CT molecular complexity index is 787. The molecule has 8 nitrogen and oxygen atoms in total. The first-order valence-corrected chi connectivity index (χ1v) is 12.1. The van der Waals surface area contributed by atoms with E-state index in [-0.39, 0.29) is 29.6 Å². The number of rotatable bonds is 8. The second-order valence-electron chi connectivity index (χ2n) is 8.49. The first kappa shape index (κ1) is 23.1. The average Bonchev–Trinajstić information content (AvgIpc) is 3.32. The van der Waals surface area contributed by atoms with Crippen LogP contribution in [0.15, 0.2) is 9.98 Å². The number of halogens is 1. The molecule has 1 aromatic heterocycles. The molecule has 166 valence electrons. The zero-order chi connectivity index (χ0) is 21.8. The molecule has 3 rings (SSSR count). The summed E-state index contributed by atoms with van der Waals surface area (Å²) >= 11 is 4.76. The lowest BCUT2D eigenvalue weighted by Crippen LogP contribution is -2.60. The number of carbonyl (C=O) groups excluding carboxylic acids is 3. The van der Waals surface area contributed by atoms with Gasteiger partial charge in [-0.25, -0.2) is 10.4 Å². The quantitative estimate of drug-likeness (QED) is 0.531. The van der Waals surface area contributed by atoms with Crippen LogP contribution in [0.3, 0.4) is 0 Å². The summed E-state index contributed by atoms with van der Waals surface area (Å²) in [5.74, 6) is -0.139. The summed E-state index contributed by atoms with van der Waals surface area (Å²) in [4.78, 5) is 42.5. The zero-order valence-corrected chi connectivity index (χ0v) is 19.9. The van der Waals surface area contributed by atoms with Crippen molar-refractivity contribution >= 4 is 45.1 Å². The Labute approximate surface area is 189 Å². The number of nitrogens with zero attached hydrogens (tertiary/aromatic N) is 2. The average molecular weight is 501 g/mol. The summed E-state index contributed by atoms with van der Waals surface area (Å²) in [6.45, 7) is 6.80. The van der Waals surface area contributed by atoms with Crippen LogP contribution in [0.2, 0.25) is 0 Å². The Morgan fingerprint density at radius 1 is 1.43 bits per heavy atom. The fraction of sp³-hybridized carbons (Fsp3) is 0.700. The number of nitrogens with one attached hydrogen (secondary N) is 2. The fourth-order valence-corrected chi connectivity index (χ4v) is 4.69. The maximum absolute atomic E-state index is 13.3. The number of thiazole rings is 1. The molecule has 0 spiro atoms. The molecular formula is C20H29BrN4O4S. The van der Waals surface area contributed by atoms with Crippen LogP contribution in [0.5, 0.6) is 0 Å². The van der Waals surface area contributed by atoms with Crippen molar-refractivity contribution in [3.05, 3.63) is 15.0 Å². The minimum atomic E-state index is -0.735. The van der Waals surface area contributed by atoms with Crippen molar-refractivity contribution in [1.82, 2.24) is 20.7 Å². The van der Waals surface area contributed by atoms with E-state index in [1.165, 1.54) is 16.3 Å². The molecule has 1 aliphatic heterocycles. The summed E-state index contributed by atoms with van der Waals surface area (Å²) in [5.41, 5.74) is 3.01. The summed E-state index contributed by atoms with van der Waals surface area (Å²) in [5, 5.41) is 6.97. The summed E-state index contributed by atoms with van der Waals surface area (Å²) in [6.07, 6.45) is 2.45. The number of amides is 2. The topological polar surface area (TPSA) is 101 Å². The van der Waals surface area contributed by atoms with Gasteiger partial charge in [0.05, 0.1) is 11.6 Å². The van der Waals surface area contributed by atoms with Gasteiger partial charge in [-0.1, -0.05) is 20.8 Å². The molecule has 2 amide bonds. The van der Waals surface area contributed by atoms with Crippen LogP contribution in [0.25, 0.3) is 0 Å². The number of hydrogen-bond donors (Lipinski definition) is 2. The van der Waals surface area contributed by atoms with Gasteiger partial charge in [-0.05, 0) is 47.0 Å². The van der Waals surface area contributed by atoms with Crippen molar-refractivity contribution in [1.29, 1.82) is 0 Å². The highest BCUT2D eigenvalue weighted by Gasteiger charge is 2.41. The van der Waals surface area contributed by atoms with E-state index >= 15 is 0 Å². The van der Waals surface area contributed by atoms with E-state index in [4.69, 9.17) is 4.74 Å². The highest BCUT2D eigenvalue weighted by molar-refractivity contribution is 9.10. The number of hydrazine groups is 1. The van der Waals surface area contributed by atoms with Gasteiger partial charge in [0, 0.05) is 24.3 Å². The Kier molecular flexibility index (Phi) is 7.86. The van der Waals surface area contributed by atoms with Gasteiger partial charge in [0.15, 0.2) is 0 Å². The monoisotopic (exact) mass is 500 g/mol. The van der Waals surface area contributed by atoms with Gasteiger partial charge in [0.25, 0.3) is 5.91 Å². The molecule has 2 aliphatic rings. The number of aromatic nitrogens is 1. The molecule has 0 unspecified atom stereocenters. The van der Waals surface area contributed by atoms with E-state index in [0.29, 0.717) is 42.9 Å². The molecule has 1 aliphatic carbocycles. The lowest BCUT2D eigenvalue weighted by molar-refractivity contribution is -0.154. The molecule has 2 fully saturated rings. The highest BCUT2D eigenvalue weighted by atomic mass is 79.9. The maximum atomic E-state index is 13.3. The number of ether oxygens (including phenoxy) is 1. The molecule has 2 heterocycles. The summed E-state index contributed by atoms with van der Waals surface area (Å²) in [7, 11) is 0. The van der Waals surface area contributed by atoms with Crippen molar-refractivity contribution in [2.75, 3.05) is 13.2 Å². The minimum Gasteiger partial charge on any atom is -0.464 e. The third-order valence-corrected chi connectivity index (χ3v) is 6.84. The van der Waals surface area contributed by atoms with Crippen molar-refractivity contribution in [3.63, 3.8) is 0 Å². The molecule has 1 saturated carbocycles. The Hall–Kier alpha value is -1.52. The van der Waals surface area contributed by atoms with Crippen LogP contribution in [0.4, 0.5) is 0 Å². The molecule has 1 aromatic rings. The number of carbonyl (C=O) groups is 3. The number of hydrogen-bond acceptors (Lipinski definition) is 7. The van der Waals surface area contributed by atoms with Crippen LogP contribution >= 0.6 is 27.3 Å². The van der Waals surface area contributed by atoms with Crippen LogP contribution in [-0.4, -0.2) is 53.0 Å². The Morgan fingerprint density at radius 3 is 2.77 bits per heavy atom. The largest absolute Gasteiger partial charge is 0.464 e. The smallest absolute Gasteiger partial charge is 0.324 e. The first-order chi connectivity index (χ1) is 14.2. The van der Waals surface area contributed by atoms with Crippen molar-refractivity contribution in [2.24, 2.45) is 17.8 Å². The van der Waals surface area contributed by atoms with E-state index in [1.54, 1.807) is 0 Å². The van der Waals surface area contributed by atoms with Crippen LogP contribution < -0.4 is 10.7 Å². The van der Waals surface area contributed by atoms with E-state index in [9.17, 15) is 14.4 Å². The van der Waals surface area contributed by atoms with E-state index in [1.807, 2.05) is 26.2 Å². The second kappa shape index (κ2) is 10.2. The highest BCUT2D eigenvalue weighted by Crippen LogP contribution is 2.37.